The molecule has 0 saturated heterocycles. The standard InChI is InChI=1S/C10H12N2S/c1-12-7-8(5-9(12)6-11)10-3-2-4-13-10/h2-5,7H,6,11H2,1H3. The van der Waals surface area contributed by atoms with Gasteiger partial charge in [-0.05, 0) is 17.5 Å². The summed E-state index contributed by atoms with van der Waals surface area (Å²) in [5.74, 6) is 0. The zero-order valence-corrected chi connectivity index (χ0v) is 8.34. The molecule has 0 radical (unpaired) electrons. The van der Waals surface area contributed by atoms with Crippen molar-refractivity contribution in [3.63, 3.8) is 0 Å². The Balaban J connectivity index is 2.43. The van der Waals surface area contributed by atoms with Gasteiger partial charge in [-0.1, -0.05) is 6.07 Å². The molecule has 0 aliphatic carbocycles. The average Bonchev–Trinajstić information content (AvgIpc) is 2.71. The van der Waals surface area contributed by atoms with E-state index in [1.165, 1.54) is 16.1 Å². The molecule has 0 saturated carbocycles. The number of rotatable bonds is 2. The van der Waals surface area contributed by atoms with Crippen molar-refractivity contribution in [2.24, 2.45) is 12.8 Å². The summed E-state index contributed by atoms with van der Waals surface area (Å²) in [7, 11) is 2.03. The maximum Gasteiger partial charge on any atom is 0.0358 e. The van der Waals surface area contributed by atoms with Crippen LogP contribution in [-0.2, 0) is 13.6 Å². The van der Waals surface area contributed by atoms with Crippen molar-refractivity contribution >= 4 is 11.3 Å². The summed E-state index contributed by atoms with van der Waals surface area (Å²) < 4.78 is 2.08. The predicted molar refractivity (Wildman–Crippen MR) is 56.6 cm³/mol. The number of nitrogens with zero attached hydrogens (tertiary/aromatic N) is 1. The maximum atomic E-state index is 5.60. The lowest BCUT2D eigenvalue weighted by Crippen LogP contribution is -2.01. The maximum absolute atomic E-state index is 5.60. The smallest absolute Gasteiger partial charge is 0.0358 e. The molecular weight excluding hydrogens is 180 g/mol. The first-order valence-corrected chi connectivity index (χ1v) is 5.08. The van der Waals surface area contributed by atoms with Crippen LogP contribution in [0.3, 0.4) is 0 Å². The molecule has 0 bridgehead atoms. The lowest BCUT2D eigenvalue weighted by Gasteiger charge is -1.95. The number of hydrogen-bond acceptors (Lipinski definition) is 2. The highest BCUT2D eigenvalue weighted by Crippen LogP contribution is 2.25. The fourth-order valence-corrected chi connectivity index (χ4v) is 2.10. The van der Waals surface area contributed by atoms with E-state index >= 15 is 0 Å². The molecule has 0 amide bonds. The van der Waals surface area contributed by atoms with Crippen LogP contribution in [0, 0.1) is 0 Å². The van der Waals surface area contributed by atoms with Gasteiger partial charge in [0.1, 0.15) is 0 Å². The van der Waals surface area contributed by atoms with E-state index in [-0.39, 0.29) is 0 Å². The Hall–Kier alpha value is -1.06. The van der Waals surface area contributed by atoms with Gasteiger partial charge in [0, 0.05) is 35.9 Å². The SMILES string of the molecule is Cn1cc(-c2cccs2)cc1CN. The molecule has 13 heavy (non-hydrogen) atoms. The minimum atomic E-state index is 0.599. The van der Waals surface area contributed by atoms with E-state index in [1.807, 2.05) is 7.05 Å². The van der Waals surface area contributed by atoms with E-state index in [0.717, 1.165) is 0 Å². The molecule has 0 atom stereocenters. The van der Waals surface area contributed by atoms with Crippen molar-refractivity contribution < 1.29 is 0 Å². The van der Waals surface area contributed by atoms with Gasteiger partial charge in [-0.3, -0.25) is 0 Å². The van der Waals surface area contributed by atoms with Crippen molar-refractivity contribution in [1.29, 1.82) is 0 Å². The Bertz CT molecular complexity index is 387. The van der Waals surface area contributed by atoms with Crippen LogP contribution in [0.4, 0.5) is 0 Å². The van der Waals surface area contributed by atoms with Gasteiger partial charge in [-0.2, -0.15) is 0 Å². The highest BCUT2D eigenvalue weighted by atomic mass is 32.1. The number of thiophene rings is 1. The molecule has 2 heterocycles. The van der Waals surface area contributed by atoms with E-state index < -0.39 is 0 Å². The Kier molecular flexibility index (Phi) is 2.20. The molecular formula is C10H12N2S. The number of aryl methyl sites for hydroxylation is 1. The first-order chi connectivity index (χ1) is 6.31. The van der Waals surface area contributed by atoms with E-state index in [0.29, 0.717) is 6.54 Å². The second kappa shape index (κ2) is 3.36. The summed E-state index contributed by atoms with van der Waals surface area (Å²) in [5, 5.41) is 2.09. The molecule has 2 aromatic rings. The Morgan fingerprint density at radius 2 is 2.38 bits per heavy atom. The van der Waals surface area contributed by atoms with Gasteiger partial charge in [-0.25, -0.2) is 0 Å². The molecule has 0 aliphatic rings. The van der Waals surface area contributed by atoms with Gasteiger partial charge in [-0.15, -0.1) is 11.3 Å². The van der Waals surface area contributed by atoms with Crippen LogP contribution in [0.25, 0.3) is 10.4 Å². The molecule has 2 nitrogen and oxygen atoms in total. The van der Waals surface area contributed by atoms with Crippen molar-refractivity contribution in [3.05, 3.63) is 35.5 Å². The molecule has 2 rings (SSSR count). The van der Waals surface area contributed by atoms with Crippen LogP contribution >= 0.6 is 11.3 Å². The molecule has 0 fully saturated rings. The van der Waals surface area contributed by atoms with Gasteiger partial charge in [0.25, 0.3) is 0 Å². The molecule has 0 spiro atoms. The Labute approximate surface area is 81.6 Å². The molecule has 0 aliphatic heterocycles. The number of hydrogen-bond donors (Lipinski definition) is 1. The fraction of sp³-hybridized carbons (Fsp3) is 0.200. The van der Waals surface area contributed by atoms with Crippen molar-refractivity contribution in [3.8, 4) is 10.4 Å². The first-order valence-electron chi connectivity index (χ1n) is 4.20. The topological polar surface area (TPSA) is 30.9 Å². The van der Waals surface area contributed by atoms with Gasteiger partial charge in [0.15, 0.2) is 0 Å². The summed E-state index contributed by atoms with van der Waals surface area (Å²) >= 11 is 1.75. The van der Waals surface area contributed by atoms with Gasteiger partial charge >= 0.3 is 0 Å². The highest BCUT2D eigenvalue weighted by molar-refractivity contribution is 7.13. The van der Waals surface area contributed by atoms with Gasteiger partial charge in [0.2, 0.25) is 0 Å². The van der Waals surface area contributed by atoms with Crippen LogP contribution in [0.5, 0.6) is 0 Å². The van der Waals surface area contributed by atoms with Crippen LogP contribution in [0.1, 0.15) is 5.69 Å². The second-order valence-corrected chi connectivity index (χ2v) is 3.96. The van der Waals surface area contributed by atoms with Crippen molar-refractivity contribution in [2.45, 2.75) is 6.54 Å². The number of nitrogens with two attached hydrogens (primary N) is 1. The largest absolute Gasteiger partial charge is 0.353 e. The summed E-state index contributed by atoms with van der Waals surface area (Å²) in [5.41, 5.74) is 8.03. The third kappa shape index (κ3) is 1.53. The third-order valence-corrected chi connectivity index (χ3v) is 3.04. The lowest BCUT2D eigenvalue weighted by molar-refractivity contribution is 0.824. The fourth-order valence-electron chi connectivity index (χ4n) is 1.39. The molecule has 2 N–H and O–H groups in total. The minimum Gasteiger partial charge on any atom is -0.353 e. The van der Waals surface area contributed by atoms with Crippen molar-refractivity contribution in [1.82, 2.24) is 4.57 Å². The van der Waals surface area contributed by atoms with Crippen molar-refractivity contribution in [2.75, 3.05) is 0 Å². The predicted octanol–water partition coefficient (Wildman–Crippen LogP) is 2.21. The quantitative estimate of drug-likeness (QED) is 0.777. The molecule has 68 valence electrons. The number of aromatic nitrogens is 1. The minimum absolute atomic E-state index is 0.599. The third-order valence-electron chi connectivity index (χ3n) is 2.12. The zero-order valence-electron chi connectivity index (χ0n) is 7.53. The van der Waals surface area contributed by atoms with Crippen LogP contribution < -0.4 is 5.73 Å². The zero-order chi connectivity index (χ0) is 9.26. The normalized spacial score (nSPS) is 10.6. The van der Waals surface area contributed by atoms with Gasteiger partial charge < -0.3 is 10.3 Å². The highest BCUT2D eigenvalue weighted by Gasteiger charge is 2.03. The average molecular weight is 192 g/mol. The first kappa shape index (κ1) is 8.53. The monoisotopic (exact) mass is 192 g/mol. The summed E-state index contributed by atoms with van der Waals surface area (Å²) in [6.45, 7) is 0.599. The molecule has 3 heteroatoms. The van der Waals surface area contributed by atoms with E-state index in [1.54, 1.807) is 11.3 Å². The summed E-state index contributed by atoms with van der Waals surface area (Å²) in [6, 6.07) is 6.33. The second-order valence-electron chi connectivity index (χ2n) is 3.01. The molecule has 2 aromatic heterocycles. The summed E-state index contributed by atoms with van der Waals surface area (Å²) in [6.07, 6.45) is 2.12. The molecule has 0 aromatic carbocycles. The van der Waals surface area contributed by atoms with E-state index in [9.17, 15) is 0 Å². The van der Waals surface area contributed by atoms with Crippen LogP contribution in [0.2, 0.25) is 0 Å². The summed E-state index contributed by atoms with van der Waals surface area (Å²) in [4.78, 5) is 1.30. The van der Waals surface area contributed by atoms with Gasteiger partial charge in [0.05, 0.1) is 0 Å². The molecule has 0 unspecified atom stereocenters. The Morgan fingerprint density at radius 3 is 2.92 bits per heavy atom. The van der Waals surface area contributed by atoms with Crippen LogP contribution in [-0.4, -0.2) is 4.57 Å². The van der Waals surface area contributed by atoms with Crippen LogP contribution in [0.15, 0.2) is 29.8 Å². The van der Waals surface area contributed by atoms with E-state index in [4.69, 9.17) is 5.73 Å². The van der Waals surface area contributed by atoms with E-state index in [2.05, 4.69) is 34.3 Å². The lowest BCUT2D eigenvalue weighted by atomic mass is 10.2. The Morgan fingerprint density at radius 1 is 1.54 bits per heavy atom.